The zero-order chi connectivity index (χ0) is 29.8. The molecule has 0 aliphatic carbocycles. The van der Waals surface area contributed by atoms with Gasteiger partial charge in [0, 0.05) is 28.4 Å². The number of methoxy groups -OCH3 is 2. The highest BCUT2D eigenvalue weighted by molar-refractivity contribution is 6.32. The Labute approximate surface area is 253 Å². The molecular formula is C30H29Cl2N5O5. The third kappa shape index (κ3) is 5.81. The van der Waals surface area contributed by atoms with Gasteiger partial charge in [-0.25, -0.2) is 4.68 Å². The van der Waals surface area contributed by atoms with Gasteiger partial charge in [0.1, 0.15) is 30.5 Å². The number of carbonyl (C=O) groups is 1. The van der Waals surface area contributed by atoms with Gasteiger partial charge < -0.3 is 29.6 Å². The molecule has 0 saturated carbocycles. The van der Waals surface area contributed by atoms with E-state index in [0.717, 1.165) is 11.1 Å². The van der Waals surface area contributed by atoms with E-state index >= 15 is 0 Å². The molecule has 1 aromatic heterocycles. The van der Waals surface area contributed by atoms with Crippen molar-refractivity contribution in [1.82, 2.24) is 14.8 Å². The highest BCUT2D eigenvalue weighted by Gasteiger charge is 2.34. The standard InChI is InChI=1S/C30H29Cl2N5O5/c1-5-41-26-12-18(10-11-23(26)42-15-19-8-6-7-9-20(19)31)28-27(17(2)35-30-33-16-34-37(28)30)29(38)36-22-14-24(39-3)21(32)13-25(22)40-4/h6-14,16,28H,5,15H2,1-4H3,(H,36,38)(H,33,34,35)/t28-/m1/s1. The van der Waals surface area contributed by atoms with Crippen molar-refractivity contribution in [2.24, 2.45) is 0 Å². The molecule has 0 spiro atoms. The van der Waals surface area contributed by atoms with Crippen molar-refractivity contribution in [1.29, 1.82) is 0 Å². The number of hydrogen-bond acceptors (Lipinski definition) is 8. The van der Waals surface area contributed by atoms with Crippen LogP contribution in [-0.2, 0) is 11.4 Å². The third-order valence-corrected chi connectivity index (χ3v) is 7.35. The van der Waals surface area contributed by atoms with Crippen molar-refractivity contribution in [2.45, 2.75) is 26.5 Å². The van der Waals surface area contributed by atoms with Gasteiger partial charge in [-0.1, -0.05) is 47.5 Å². The van der Waals surface area contributed by atoms with E-state index in [1.165, 1.54) is 20.5 Å². The van der Waals surface area contributed by atoms with Gasteiger partial charge in [-0.15, -0.1) is 0 Å². The second-order valence-electron chi connectivity index (χ2n) is 9.25. The molecule has 1 atom stereocenters. The number of nitrogens with one attached hydrogen (secondary N) is 2. The van der Waals surface area contributed by atoms with E-state index in [9.17, 15) is 4.79 Å². The Morgan fingerprint density at radius 2 is 1.76 bits per heavy atom. The number of ether oxygens (including phenoxy) is 4. The van der Waals surface area contributed by atoms with Crippen molar-refractivity contribution in [3.63, 3.8) is 0 Å². The number of benzene rings is 3. The van der Waals surface area contributed by atoms with E-state index in [4.69, 9.17) is 42.1 Å². The molecule has 42 heavy (non-hydrogen) atoms. The van der Waals surface area contributed by atoms with Crippen LogP contribution in [0.15, 0.2) is 72.2 Å². The fraction of sp³-hybridized carbons (Fsp3) is 0.233. The topological polar surface area (TPSA) is 109 Å². The smallest absolute Gasteiger partial charge is 0.255 e. The van der Waals surface area contributed by atoms with Crippen LogP contribution in [-0.4, -0.2) is 41.5 Å². The molecule has 0 saturated heterocycles. The number of halogens is 2. The highest BCUT2D eigenvalue weighted by Crippen LogP contribution is 2.41. The second kappa shape index (κ2) is 12.6. The Balaban J connectivity index is 1.51. The second-order valence-corrected chi connectivity index (χ2v) is 10.1. The largest absolute Gasteiger partial charge is 0.495 e. The fourth-order valence-electron chi connectivity index (χ4n) is 4.69. The van der Waals surface area contributed by atoms with E-state index in [1.54, 1.807) is 16.8 Å². The molecule has 0 bridgehead atoms. The molecule has 0 fully saturated rings. The molecular weight excluding hydrogens is 581 g/mol. The summed E-state index contributed by atoms with van der Waals surface area (Å²) in [6.07, 6.45) is 1.43. The van der Waals surface area contributed by atoms with E-state index in [0.29, 0.717) is 62.6 Å². The van der Waals surface area contributed by atoms with E-state index in [1.807, 2.05) is 56.3 Å². The van der Waals surface area contributed by atoms with Crippen LogP contribution in [0.5, 0.6) is 23.0 Å². The van der Waals surface area contributed by atoms with Crippen LogP contribution in [0.25, 0.3) is 0 Å². The monoisotopic (exact) mass is 609 g/mol. The van der Waals surface area contributed by atoms with Gasteiger partial charge in [0.2, 0.25) is 5.95 Å². The third-order valence-electron chi connectivity index (χ3n) is 6.69. The van der Waals surface area contributed by atoms with Crippen molar-refractivity contribution in [3.05, 3.63) is 93.4 Å². The number of hydrogen-bond donors (Lipinski definition) is 2. The number of anilines is 2. The van der Waals surface area contributed by atoms with Crippen LogP contribution >= 0.6 is 23.2 Å². The minimum atomic E-state index is -0.638. The summed E-state index contributed by atoms with van der Waals surface area (Å²) < 4.78 is 24.5. The van der Waals surface area contributed by atoms with Gasteiger partial charge in [-0.05, 0) is 37.6 Å². The fourth-order valence-corrected chi connectivity index (χ4v) is 5.12. The molecule has 2 N–H and O–H groups in total. The van der Waals surface area contributed by atoms with Crippen LogP contribution in [0.3, 0.4) is 0 Å². The average Bonchev–Trinajstić information content (AvgIpc) is 3.45. The average molecular weight is 610 g/mol. The Kier molecular flexibility index (Phi) is 8.75. The van der Waals surface area contributed by atoms with Crippen molar-refractivity contribution in [3.8, 4) is 23.0 Å². The Bertz CT molecular complexity index is 1660. The minimum Gasteiger partial charge on any atom is -0.495 e. The van der Waals surface area contributed by atoms with Crippen molar-refractivity contribution in [2.75, 3.05) is 31.5 Å². The normalized spacial score (nSPS) is 14.1. The molecule has 1 aliphatic rings. The lowest BCUT2D eigenvalue weighted by atomic mass is 9.94. The Hall–Kier alpha value is -4.41. The summed E-state index contributed by atoms with van der Waals surface area (Å²) in [4.78, 5) is 18.3. The lowest BCUT2D eigenvalue weighted by molar-refractivity contribution is -0.113. The van der Waals surface area contributed by atoms with E-state index < -0.39 is 6.04 Å². The van der Waals surface area contributed by atoms with Gasteiger partial charge in [-0.3, -0.25) is 4.79 Å². The van der Waals surface area contributed by atoms with Gasteiger partial charge in [0.05, 0.1) is 37.1 Å². The quantitative estimate of drug-likeness (QED) is 0.209. The summed E-state index contributed by atoms with van der Waals surface area (Å²) in [5.41, 5.74) is 3.00. The van der Waals surface area contributed by atoms with Gasteiger partial charge in [0.25, 0.3) is 5.91 Å². The number of nitrogens with zero attached hydrogens (tertiary/aromatic N) is 3. The van der Waals surface area contributed by atoms with Gasteiger partial charge >= 0.3 is 0 Å². The number of fused-ring (bicyclic) bond motifs is 1. The maximum Gasteiger partial charge on any atom is 0.255 e. The SMILES string of the molecule is CCOc1cc([C@@H]2C(C(=O)Nc3cc(OC)c(Cl)cc3OC)=C(C)Nc3ncnn32)ccc1OCc1ccccc1Cl. The minimum absolute atomic E-state index is 0.263. The summed E-state index contributed by atoms with van der Waals surface area (Å²) in [5, 5.41) is 11.5. The lowest BCUT2D eigenvalue weighted by Crippen LogP contribution is -2.31. The summed E-state index contributed by atoms with van der Waals surface area (Å²) >= 11 is 12.6. The molecule has 12 heteroatoms. The number of amides is 1. The summed E-state index contributed by atoms with van der Waals surface area (Å²) in [6.45, 7) is 4.37. The molecule has 2 heterocycles. The van der Waals surface area contributed by atoms with E-state index in [-0.39, 0.29) is 12.5 Å². The summed E-state index contributed by atoms with van der Waals surface area (Å²) in [7, 11) is 2.99. The molecule has 1 aliphatic heterocycles. The van der Waals surface area contributed by atoms with Crippen molar-refractivity contribution < 1.29 is 23.7 Å². The number of rotatable bonds is 10. The molecule has 5 rings (SSSR count). The molecule has 0 radical (unpaired) electrons. The molecule has 4 aromatic rings. The molecule has 3 aromatic carbocycles. The Morgan fingerprint density at radius 3 is 2.50 bits per heavy atom. The molecule has 0 unspecified atom stereocenters. The zero-order valence-electron chi connectivity index (χ0n) is 23.4. The van der Waals surface area contributed by atoms with E-state index in [2.05, 4.69) is 20.7 Å². The first kappa shape index (κ1) is 29.1. The van der Waals surface area contributed by atoms with Crippen LogP contribution in [0, 0.1) is 0 Å². The summed E-state index contributed by atoms with van der Waals surface area (Å²) in [5.74, 6) is 1.95. The first-order valence-electron chi connectivity index (χ1n) is 13.1. The zero-order valence-corrected chi connectivity index (χ0v) is 24.9. The van der Waals surface area contributed by atoms with Crippen LogP contribution in [0.4, 0.5) is 11.6 Å². The highest BCUT2D eigenvalue weighted by atomic mass is 35.5. The summed E-state index contributed by atoms with van der Waals surface area (Å²) in [6, 6.07) is 15.6. The molecule has 1 amide bonds. The molecule has 218 valence electrons. The predicted octanol–water partition coefficient (Wildman–Crippen LogP) is 6.51. The number of aromatic nitrogens is 3. The van der Waals surface area contributed by atoms with Crippen LogP contribution in [0.1, 0.15) is 31.0 Å². The van der Waals surface area contributed by atoms with Crippen LogP contribution in [0.2, 0.25) is 10.0 Å². The van der Waals surface area contributed by atoms with Crippen molar-refractivity contribution >= 4 is 40.7 Å². The number of carbonyl (C=O) groups excluding carboxylic acids is 1. The molecule has 10 nitrogen and oxygen atoms in total. The maximum atomic E-state index is 13.9. The van der Waals surface area contributed by atoms with Crippen LogP contribution < -0.4 is 29.6 Å². The lowest BCUT2D eigenvalue weighted by Gasteiger charge is -2.29. The number of allylic oxidation sites excluding steroid dienone is 1. The maximum absolute atomic E-state index is 13.9. The first-order chi connectivity index (χ1) is 20.3. The Morgan fingerprint density at radius 1 is 0.976 bits per heavy atom. The first-order valence-corrected chi connectivity index (χ1v) is 13.8. The van der Waals surface area contributed by atoms with Gasteiger partial charge in [0.15, 0.2) is 11.5 Å². The van der Waals surface area contributed by atoms with Gasteiger partial charge in [-0.2, -0.15) is 10.1 Å². The predicted molar refractivity (Wildman–Crippen MR) is 161 cm³/mol.